The fraction of sp³-hybridized carbons (Fsp3) is 0.280. The first-order valence-electron chi connectivity index (χ1n) is 11.4. The quantitative estimate of drug-likeness (QED) is 0.294. The number of benzene rings is 2. The lowest BCUT2D eigenvalue weighted by Crippen LogP contribution is -2.43. The summed E-state index contributed by atoms with van der Waals surface area (Å²) in [7, 11) is 0. The molecule has 2 aromatic carbocycles. The summed E-state index contributed by atoms with van der Waals surface area (Å²) in [5.41, 5.74) is -0.331. The summed E-state index contributed by atoms with van der Waals surface area (Å²) in [6.45, 7) is 0. The standard InChI is InChI=1S/C25H24ClF3N6O/c26-18-7-5-16(6-8-18)22(36)35-24(34-21-4-1-3-17(15-21)25(27,28)29)33-20-11-9-19(10-12-20)32-23-30-13-2-14-31-23/h1-8,13-15,19-20H,9-12H2,(H,30,31,32)(H2,33,34,35,36)/t19-,20-. The molecule has 11 heteroatoms. The second kappa shape index (κ2) is 11.4. The molecule has 1 aromatic heterocycles. The summed E-state index contributed by atoms with van der Waals surface area (Å²) >= 11 is 5.90. The molecule has 1 fully saturated rings. The van der Waals surface area contributed by atoms with Gasteiger partial charge in [0, 0.05) is 40.8 Å². The van der Waals surface area contributed by atoms with Crippen molar-refractivity contribution in [3.8, 4) is 0 Å². The summed E-state index contributed by atoms with van der Waals surface area (Å²) < 4.78 is 39.5. The lowest BCUT2D eigenvalue weighted by Gasteiger charge is -2.30. The molecular weight excluding hydrogens is 493 g/mol. The van der Waals surface area contributed by atoms with E-state index in [1.165, 1.54) is 12.1 Å². The Morgan fingerprint density at radius 3 is 2.28 bits per heavy atom. The molecule has 1 aliphatic carbocycles. The number of aliphatic imine (C=N–C) groups is 1. The van der Waals surface area contributed by atoms with E-state index in [0.29, 0.717) is 16.5 Å². The van der Waals surface area contributed by atoms with Crippen molar-refractivity contribution in [2.75, 3.05) is 10.6 Å². The van der Waals surface area contributed by atoms with Crippen molar-refractivity contribution in [3.05, 3.63) is 83.1 Å². The zero-order valence-electron chi connectivity index (χ0n) is 19.1. The Morgan fingerprint density at radius 2 is 1.61 bits per heavy atom. The van der Waals surface area contributed by atoms with Gasteiger partial charge in [0.15, 0.2) is 0 Å². The normalized spacial score (nSPS) is 18.4. The molecule has 0 radical (unpaired) electrons. The van der Waals surface area contributed by atoms with Gasteiger partial charge in [-0.15, -0.1) is 0 Å². The van der Waals surface area contributed by atoms with Gasteiger partial charge >= 0.3 is 6.18 Å². The number of nitrogens with zero attached hydrogens (tertiary/aromatic N) is 3. The van der Waals surface area contributed by atoms with Crippen LogP contribution >= 0.6 is 11.6 Å². The van der Waals surface area contributed by atoms with Gasteiger partial charge in [-0.25, -0.2) is 9.97 Å². The van der Waals surface area contributed by atoms with Crippen molar-refractivity contribution in [2.24, 2.45) is 4.99 Å². The first-order valence-corrected chi connectivity index (χ1v) is 11.8. The van der Waals surface area contributed by atoms with Crippen LogP contribution in [0.4, 0.5) is 24.8 Å². The van der Waals surface area contributed by atoms with E-state index in [4.69, 9.17) is 11.6 Å². The first kappa shape index (κ1) is 25.4. The highest BCUT2D eigenvalue weighted by Gasteiger charge is 2.30. The minimum Gasteiger partial charge on any atom is -0.353 e. The highest BCUT2D eigenvalue weighted by Crippen LogP contribution is 2.30. The van der Waals surface area contributed by atoms with Crippen molar-refractivity contribution < 1.29 is 18.0 Å². The summed E-state index contributed by atoms with van der Waals surface area (Å²) in [6.07, 6.45) is 1.99. The van der Waals surface area contributed by atoms with Crippen LogP contribution in [0.15, 0.2) is 72.0 Å². The van der Waals surface area contributed by atoms with Gasteiger partial charge < -0.3 is 16.0 Å². The lowest BCUT2D eigenvalue weighted by atomic mass is 9.91. The molecule has 0 spiro atoms. The number of anilines is 2. The van der Waals surface area contributed by atoms with Gasteiger partial charge in [0.25, 0.3) is 5.91 Å². The van der Waals surface area contributed by atoms with Gasteiger partial charge in [-0.2, -0.15) is 18.2 Å². The fourth-order valence-corrected chi connectivity index (χ4v) is 4.02. The molecule has 1 aliphatic rings. The number of aromatic nitrogens is 2. The maximum Gasteiger partial charge on any atom is 0.416 e. The molecule has 0 bridgehead atoms. The zero-order valence-corrected chi connectivity index (χ0v) is 19.9. The zero-order chi connectivity index (χ0) is 25.5. The molecular formula is C25H24ClF3N6O. The van der Waals surface area contributed by atoms with Crippen LogP contribution in [0, 0.1) is 0 Å². The van der Waals surface area contributed by atoms with Crippen LogP contribution in [0.2, 0.25) is 5.02 Å². The van der Waals surface area contributed by atoms with E-state index in [-0.39, 0.29) is 23.7 Å². The van der Waals surface area contributed by atoms with Crippen molar-refractivity contribution in [1.82, 2.24) is 15.3 Å². The SMILES string of the molecule is O=C(/N=C(/Nc1cccc(C(F)(F)F)c1)N[C@H]1CC[C@H](Nc2ncccn2)CC1)c1ccc(Cl)cc1. The second-order valence-corrected chi connectivity index (χ2v) is 8.82. The molecule has 1 amide bonds. The second-order valence-electron chi connectivity index (χ2n) is 8.39. The van der Waals surface area contributed by atoms with E-state index in [1.807, 2.05) is 0 Å². The smallest absolute Gasteiger partial charge is 0.353 e. The van der Waals surface area contributed by atoms with Crippen LogP contribution in [0.25, 0.3) is 0 Å². The largest absolute Gasteiger partial charge is 0.416 e. The van der Waals surface area contributed by atoms with Gasteiger partial charge in [-0.1, -0.05) is 17.7 Å². The van der Waals surface area contributed by atoms with Gasteiger partial charge in [0.1, 0.15) is 0 Å². The third-order valence-electron chi connectivity index (χ3n) is 5.72. The van der Waals surface area contributed by atoms with E-state index in [9.17, 15) is 18.0 Å². The van der Waals surface area contributed by atoms with Crippen molar-refractivity contribution >= 4 is 35.1 Å². The Balaban J connectivity index is 1.47. The summed E-state index contributed by atoms with van der Waals surface area (Å²) in [6, 6.07) is 12.9. The average molecular weight is 517 g/mol. The molecule has 0 atom stereocenters. The van der Waals surface area contributed by atoms with Gasteiger partial charge in [0.05, 0.1) is 5.56 Å². The van der Waals surface area contributed by atoms with Crippen LogP contribution < -0.4 is 16.0 Å². The minimum absolute atomic E-state index is 0.0326. The molecule has 1 heterocycles. The van der Waals surface area contributed by atoms with E-state index in [2.05, 4.69) is 30.9 Å². The van der Waals surface area contributed by atoms with E-state index >= 15 is 0 Å². The summed E-state index contributed by atoms with van der Waals surface area (Å²) in [5, 5.41) is 9.85. The molecule has 36 heavy (non-hydrogen) atoms. The predicted molar refractivity (Wildman–Crippen MR) is 133 cm³/mol. The number of hydrogen-bond donors (Lipinski definition) is 3. The first-order chi connectivity index (χ1) is 17.3. The molecule has 1 saturated carbocycles. The molecule has 3 aromatic rings. The number of nitrogens with one attached hydrogen (secondary N) is 3. The number of alkyl halides is 3. The number of amides is 1. The maximum absolute atomic E-state index is 13.2. The van der Waals surface area contributed by atoms with Crippen LogP contribution in [0.1, 0.15) is 41.6 Å². The highest BCUT2D eigenvalue weighted by atomic mass is 35.5. The van der Waals surface area contributed by atoms with Gasteiger partial charge in [0.2, 0.25) is 11.9 Å². The van der Waals surface area contributed by atoms with Gasteiger partial charge in [-0.05, 0) is 74.2 Å². The molecule has 0 saturated heterocycles. The number of hydrogen-bond acceptors (Lipinski definition) is 4. The molecule has 188 valence electrons. The van der Waals surface area contributed by atoms with Crippen molar-refractivity contribution in [1.29, 1.82) is 0 Å². The predicted octanol–water partition coefficient (Wildman–Crippen LogP) is 5.77. The van der Waals surface area contributed by atoms with Crippen LogP contribution in [0.3, 0.4) is 0 Å². The Morgan fingerprint density at radius 1 is 0.944 bits per heavy atom. The van der Waals surface area contributed by atoms with Crippen LogP contribution in [-0.2, 0) is 6.18 Å². The number of guanidine groups is 1. The summed E-state index contributed by atoms with van der Waals surface area (Å²) in [5.74, 6) is 0.0956. The Bertz CT molecular complexity index is 1200. The third-order valence-corrected chi connectivity index (χ3v) is 5.98. The number of rotatable bonds is 5. The Labute approximate surface area is 211 Å². The van der Waals surface area contributed by atoms with Crippen LogP contribution in [0.5, 0.6) is 0 Å². The van der Waals surface area contributed by atoms with Crippen molar-refractivity contribution in [3.63, 3.8) is 0 Å². The Hall–Kier alpha value is -3.66. The molecule has 7 nitrogen and oxygen atoms in total. The maximum atomic E-state index is 13.2. The monoisotopic (exact) mass is 516 g/mol. The number of carbonyl (C=O) groups excluding carboxylic acids is 1. The molecule has 3 N–H and O–H groups in total. The van der Waals surface area contributed by atoms with E-state index in [0.717, 1.165) is 37.8 Å². The third kappa shape index (κ3) is 7.17. The highest BCUT2D eigenvalue weighted by molar-refractivity contribution is 6.30. The number of carbonyl (C=O) groups is 1. The van der Waals surface area contributed by atoms with Crippen LogP contribution in [-0.4, -0.2) is 33.9 Å². The van der Waals surface area contributed by atoms with E-state index in [1.54, 1.807) is 42.7 Å². The number of halogens is 4. The molecule has 4 rings (SSSR count). The Kier molecular flexibility index (Phi) is 8.04. The summed E-state index contributed by atoms with van der Waals surface area (Å²) in [4.78, 5) is 25.3. The fourth-order valence-electron chi connectivity index (χ4n) is 3.90. The molecule has 0 unspecified atom stereocenters. The van der Waals surface area contributed by atoms with Gasteiger partial charge in [-0.3, -0.25) is 4.79 Å². The average Bonchev–Trinajstić information content (AvgIpc) is 2.86. The van der Waals surface area contributed by atoms with E-state index < -0.39 is 17.6 Å². The topological polar surface area (TPSA) is 91.3 Å². The lowest BCUT2D eigenvalue weighted by molar-refractivity contribution is -0.137. The van der Waals surface area contributed by atoms with Crippen molar-refractivity contribution in [2.45, 2.75) is 43.9 Å². The molecule has 0 aliphatic heterocycles. The minimum atomic E-state index is -4.49.